The smallest absolute Gasteiger partial charge is 0.298 e. The van der Waals surface area contributed by atoms with E-state index >= 15 is 0 Å². The first-order chi connectivity index (χ1) is 16.6. The Morgan fingerprint density at radius 1 is 0.941 bits per heavy atom. The van der Waals surface area contributed by atoms with Gasteiger partial charge >= 0.3 is 0 Å². The summed E-state index contributed by atoms with van der Waals surface area (Å²) >= 11 is 0. The molecule has 0 aromatic heterocycles. The van der Waals surface area contributed by atoms with Gasteiger partial charge in [-0.2, -0.15) is 0 Å². The Morgan fingerprint density at radius 3 is 2.26 bits per heavy atom. The molecule has 34 heavy (non-hydrogen) atoms. The van der Waals surface area contributed by atoms with E-state index < -0.39 is 0 Å². The van der Waals surface area contributed by atoms with Gasteiger partial charge in [0.05, 0.1) is 0 Å². The Labute approximate surface area is 201 Å². The second-order valence-corrected chi connectivity index (χ2v) is 10.0. The van der Waals surface area contributed by atoms with E-state index in [1.54, 1.807) is 0 Å². The molecule has 2 amide bonds. The van der Waals surface area contributed by atoms with Crippen molar-refractivity contribution in [3.8, 4) is 11.8 Å². The average molecular weight is 457 g/mol. The van der Waals surface area contributed by atoms with Crippen LogP contribution in [0.3, 0.4) is 0 Å². The summed E-state index contributed by atoms with van der Waals surface area (Å²) in [6.07, 6.45) is 4.53. The summed E-state index contributed by atoms with van der Waals surface area (Å²) in [4.78, 5) is 27.5. The summed E-state index contributed by atoms with van der Waals surface area (Å²) in [7, 11) is 0. The molecular weight excluding hydrogens is 424 g/mol. The Hall–Kier alpha value is -3.10. The monoisotopic (exact) mass is 456 g/mol. The van der Waals surface area contributed by atoms with Gasteiger partial charge in [0, 0.05) is 55.7 Å². The number of piperidine rings is 1. The van der Waals surface area contributed by atoms with Gasteiger partial charge in [0.2, 0.25) is 5.91 Å². The number of amides is 2. The fourth-order valence-electron chi connectivity index (χ4n) is 5.65. The Kier molecular flexibility index (Phi) is 6.43. The number of rotatable bonds is 4. The van der Waals surface area contributed by atoms with Crippen molar-refractivity contribution in [3.05, 3.63) is 71.8 Å². The number of ether oxygens (including phenoxy) is 1. The number of nitrogens with zero attached hydrogens (tertiary/aromatic N) is 1. The van der Waals surface area contributed by atoms with Crippen LogP contribution in [0.25, 0.3) is 0 Å². The molecule has 1 aliphatic carbocycles. The fraction of sp³-hybridized carbons (Fsp3) is 0.448. The summed E-state index contributed by atoms with van der Waals surface area (Å²) in [5.74, 6) is 5.84. The first-order valence-electron chi connectivity index (χ1n) is 12.4. The number of benzene rings is 2. The lowest BCUT2D eigenvalue weighted by atomic mass is 9.74. The molecule has 5 nitrogen and oxygen atoms in total. The molecule has 1 spiro atoms. The normalized spacial score (nSPS) is 22.4. The van der Waals surface area contributed by atoms with Crippen molar-refractivity contribution in [1.29, 1.82) is 0 Å². The Morgan fingerprint density at radius 2 is 1.59 bits per heavy atom. The van der Waals surface area contributed by atoms with Crippen LogP contribution < -0.4 is 5.32 Å². The van der Waals surface area contributed by atoms with Gasteiger partial charge in [-0.15, -0.1) is 0 Å². The molecule has 2 saturated heterocycles. The van der Waals surface area contributed by atoms with Crippen LogP contribution in [0.1, 0.15) is 43.2 Å². The molecular formula is C29H32N2O3. The highest BCUT2D eigenvalue weighted by Gasteiger charge is 2.58. The molecule has 3 fully saturated rings. The van der Waals surface area contributed by atoms with Gasteiger partial charge in [0.1, 0.15) is 0 Å². The lowest BCUT2D eigenvalue weighted by molar-refractivity contribution is -0.127. The average Bonchev–Trinajstić information content (AvgIpc) is 3.61. The quantitative estimate of drug-likeness (QED) is 0.716. The molecule has 1 atom stereocenters. The van der Waals surface area contributed by atoms with Gasteiger partial charge in [-0.25, -0.2) is 0 Å². The zero-order chi connectivity index (χ0) is 23.4. The molecule has 1 unspecified atom stereocenters. The van der Waals surface area contributed by atoms with Crippen molar-refractivity contribution in [2.75, 3.05) is 32.8 Å². The Balaban J connectivity index is 1.14. The SMILES string of the molecule is O=C(NCC1(c2ccccc2)CCOCC1)C1CC12CCN(C(=O)C#Cc1ccccc1)CC2. The number of nitrogens with one attached hydrogen (secondary N) is 1. The molecule has 2 heterocycles. The lowest BCUT2D eigenvalue weighted by Gasteiger charge is -2.38. The van der Waals surface area contributed by atoms with Crippen LogP contribution in [0, 0.1) is 23.2 Å². The van der Waals surface area contributed by atoms with E-state index in [1.807, 2.05) is 41.3 Å². The van der Waals surface area contributed by atoms with Crippen LogP contribution in [-0.2, 0) is 19.7 Å². The van der Waals surface area contributed by atoms with Gasteiger partial charge in [-0.3, -0.25) is 9.59 Å². The third kappa shape index (κ3) is 4.74. The number of carbonyl (C=O) groups is 2. The number of likely N-dealkylation sites (tertiary alicyclic amines) is 1. The molecule has 176 valence electrons. The van der Waals surface area contributed by atoms with E-state index in [9.17, 15) is 9.59 Å². The van der Waals surface area contributed by atoms with Crippen molar-refractivity contribution < 1.29 is 14.3 Å². The highest BCUT2D eigenvalue weighted by Crippen LogP contribution is 2.59. The van der Waals surface area contributed by atoms with Gasteiger partial charge in [0.25, 0.3) is 5.91 Å². The van der Waals surface area contributed by atoms with E-state index in [4.69, 9.17) is 4.74 Å². The van der Waals surface area contributed by atoms with Gasteiger partial charge < -0.3 is 15.0 Å². The van der Waals surface area contributed by atoms with E-state index in [0.717, 1.165) is 50.9 Å². The molecule has 2 aromatic rings. The third-order valence-electron chi connectivity index (χ3n) is 8.08. The van der Waals surface area contributed by atoms with Crippen molar-refractivity contribution in [1.82, 2.24) is 10.2 Å². The largest absolute Gasteiger partial charge is 0.381 e. The second-order valence-electron chi connectivity index (χ2n) is 10.0. The molecule has 5 heteroatoms. The van der Waals surface area contributed by atoms with Crippen LogP contribution in [0.2, 0.25) is 0 Å². The number of hydrogen-bond donors (Lipinski definition) is 1. The number of hydrogen-bond acceptors (Lipinski definition) is 3. The third-order valence-corrected chi connectivity index (χ3v) is 8.08. The van der Waals surface area contributed by atoms with Crippen LogP contribution >= 0.6 is 0 Å². The molecule has 2 aliphatic heterocycles. The van der Waals surface area contributed by atoms with E-state index in [0.29, 0.717) is 19.6 Å². The van der Waals surface area contributed by atoms with Crippen LogP contribution in [0.4, 0.5) is 0 Å². The second kappa shape index (κ2) is 9.64. The molecule has 0 bridgehead atoms. The molecule has 1 saturated carbocycles. The molecule has 1 N–H and O–H groups in total. The van der Waals surface area contributed by atoms with Crippen molar-refractivity contribution in [2.45, 2.75) is 37.5 Å². The lowest BCUT2D eigenvalue weighted by Crippen LogP contribution is -2.45. The van der Waals surface area contributed by atoms with Crippen LogP contribution in [-0.4, -0.2) is 49.6 Å². The van der Waals surface area contributed by atoms with E-state index in [2.05, 4.69) is 41.4 Å². The van der Waals surface area contributed by atoms with Crippen molar-refractivity contribution >= 4 is 11.8 Å². The number of carbonyl (C=O) groups excluding carboxylic acids is 2. The molecule has 0 radical (unpaired) electrons. The van der Waals surface area contributed by atoms with Crippen LogP contribution in [0.5, 0.6) is 0 Å². The minimum atomic E-state index is -0.121. The fourth-order valence-corrected chi connectivity index (χ4v) is 5.65. The minimum absolute atomic E-state index is 0.0512. The van der Waals surface area contributed by atoms with Crippen molar-refractivity contribution in [2.24, 2.45) is 11.3 Å². The maximum Gasteiger partial charge on any atom is 0.298 e. The minimum Gasteiger partial charge on any atom is -0.381 e. The summed E-state index contributed by atoms with van der Waals surface area (Å²) < 4.78 is 5.62. The van der Waals surface area contributed by atoms with E-state index in [-0.39, 0.29) is 28.6 Å². The zero-order valence-electron chi connectivity index (χ0n) is 19.6. The highest BCUT2D eigenvalue weighted by atomic mass is 16.5. The zero-order valence-corrected chi connectivity index (χ0v) is 19.6. The van der Waals surface area contributed by atoms with E-state index in [1.165, 1.54) is 5.56 Å². The first kappa shape index (κ1) is 22.7. The maximum absolute atomic E-state index is 13.1. The standard InChI is InChI=1S/C29H32N2O3/c32-26(12-11-23-7-3-1-4-8-23)31-17-13-28(14-18-31)21-25(28)27(33)30-22-29(15-19-34-20-16-29)24-9-5-2-6-10-24/h1-10,25H,13-22H2,(H,30,33). The van der Waals surface area contributed by atoms with Gasteiger partial charge in [0.15, 0.2) is 0 Å². The topological polar surface area (TPSA) is 58.6 Å². The first-order valence-corrected chi connectivity index (χ1v) is 12.4. The highest BCUT2D eigenvalue weighted by molar-refractivity contribution is 5.94. The molecule has 3 aliphatic rings. The summed E-state index contributed by atoms with van der Waals surface area (Å²) in [6.45, 7) is 3.48. The predicted molar refractivity (Wildman–Crippen MR) is 131 cm³/mol. The molecule has 2 aromatic carbocycles. The molecule has 5 rings (SSSR count). The summed E-state index contributed by atoms with van der Waals surface area (Å²) in [5, 5.41) is 3.30. The predicted octanol–water partition coefficient (Wildman–Crippen LogP) is 3.53. The Bertz CT molecular complexity index is 1070. The van der Waals surface area contributed by atoms with Crippen molar-refractivity contribution in [3.63, 3.8) is 0 Å². The summed E-state index contributed by atoms with van der Waals surface area (Å²) in [5.41, 5.74) is 2.14. The van der Waals surface area contributed by atoms with Crippen LogP contribution in [0.15, 0.2) is 60.7 Å². The van der Waals surface area contributed by atoms with Gasteiger partial charge in [-0.05, 0) is 55.2 Å². The maximum atomic E-state index is 13.1. The summed E-state index contributed by atoms with van der Waals surface area (Å²) in [6, 6.07) is 20.1. The van der Waals surface area contributed by atoms with Gasteiger partial charge in [-0.1, -0.05) is 54.5 Å².